The maximum Gasteiger partial charge on any atom is 0.191 e. The largest absolute Gasteiger partial charge is 0.391 e. The topological polar surface area (TPSA) is 69.5 Å². The molecule has 24 heavy (non-hydrogen) atoms. The van der Waals surface area contributed by atoms with Gasteiger partial charge >= 0.3 is 0 Å². The van der Waals surface area contributed by atoms with Crippen LogP contribution in [0.1, 0.15) is 29.3 Å². The van der Waals surface area contributed by atoms with E-state index < -0.39 is 6.10 Å². The summed E-state index contributed by atoms with van der Waals surface area (Å²) in [5.74, 6) is 0.706. The van der Waals surface area contributed by atoms with E-state index in [1.165, 1.54) is 4.88 Å². The lowest BCUT2D eigenvalue weighted by Gasteiger charge is -2.15. The Balaban J connectivity index is 1.84. The van der Waals surface area contributed by atoms with Crippen molar-refractivity contribution in [2.45, 2.75) is 39.3 Å². The quantitative estimate of drug-likeness (QED) is 0.507. The molecule has 2 aromatic rings. The molecule has 5 nitrogen and oxygen atoms in total. The van der Waals surface area contributed by atoms with Gasteiger partial charge in [-0.05, 0) is 18.9 Å². The van der Waals surface area contributed by atoms with Crippen molar-refractivity contribution in [3.05, 3.63) is 52.0 Å². The molecular weight excluding hydrogens is 320 g/mol. The van der Waals surface area contributed by atoms with Gasteiger partial charge in [-0.3, -0.25) is 0 Å². The number of guanidine groups is 1. The van der Waals surface area contributed by atoms with Crippen molar-refractivity contribution < 1.29 is 5.11 Å². The highest BCUT2D eigenvalue weighted by molar-refractivity contribution is 7.11. The molecule has 1 atom stereocenters. The number of benzene rings is 1. The molecule has 0 aliphatic carbocycles. The third-order valence-corrected chi connectivity index (χ3v) is 4.61. The van der Waals surface area contributed by atoms with E-state index in [1.54, 1.807) is 11.3 Å². The molecule has 1 aromatic carbocycles. The number of nitrogens with one attached hydrogen (secondary N) is 2. The number of aryl methyl sites for hydroxylation is 1. The Morgan fingerprint density at radius 3 is 2.71 bits per heavy atom. The monoisotopic (exact) mass is 346 g/mol. The van der Waals surface area contributed by atoms with Crippen molar-refractivity contribution in [3.63, 3.8) is 0 Å². The average molecular weight is 347 g/mol. The summed E-state index contributed by atoms with van der Waals surface area (Å²) >= 11 is 1.70. The van der Waals surface area contributed by atoms with Crippen LogP contribution in [-0.2, 0) is 19.4 Å². The van der Waals surface area contributed by atoms with Crippen LogP contribution < -0.4 is 10.6 Å². The molecule has 1 unspecified atom stereocenters. The maximum absolute atomic E-state index is 10.2. The van der Waals surface area contributed by atoms with E-state index in [0.717, 1.165) is 23.5 Å². The summed E-state index contributed by atoms with van der Waals surface area (Å²) in [6.45, 7) is 5.93. The molecule has 1 heterocycles. The number of hydrogen-bond acceptors (Lipinski definition) is 4. The summed E-state index contributed by atoms with van der Waals surface area (Å²) in [7, 11) is 0. The van der Waals surface area contributed by atoms with E-state index in [1.807, 2.05) is 43.5 Å². The second-order valence-corrected chi connectivity index (χ2v) is 6.69. The first-order chi connectivity index (χ1) is 11.7. The molecule has 1 aromatic heterocycles. The third kappa shape index (κ3) is 6.29. The van der Waals surface area contributed by atoms with Gasteiger partial charge in [0.1, 0.15) is 5.01 Å². The van der Waals surface area contributed by atoms with Gasteiger partial charge in [0, 0.05) is 30.6 Å². The molecule has 0 aliphatic heterocycles. The van der Waals surface area contributed by atoms with Crippen LogP contribution >= 0.6 is 11.3 Å². The molecule has 0 amide bonds. The van der Waals surface area contributed by atoms with Crippen LogP contribution in [0.4, 0.5) is 0 Å². The molecule has 0 bridgehead atoms. The number of hydrogen-bond donors (Lipinski definition) is 3. The van der Waals surface area contributed by atoms with Crippen LogP contribution in [0, 0.1) is 0 Å². The highest BCUT2D eigenvalue weighted by Crippen LogP contribution is 2.13. The van der Waals surface area contributed by atoms with Crippen LogP contribution in [-0.4, -0.2) is 35.2 Å². The Morgan fingerprint density at radius 2 is 2.04 bits per heavy atom. The third-order valence-electron chi connectivity index (χ3n) is 3.49. The maximum atomic E-state index is 10.2. The number of aliphatic imine (C=N–C) groups is 1. The second kappa shape index (κ2) is 10.1. The lowest BCUT2D eigenvalue weighted by Crippen LogP contribution is -2.41. The molecule has 2 rings (SSSR count). The molecule has 0 fully saturated rings. The van der Waals surface area contributed by atoms with Gasteiger partial charge in [0.15, 0.2) is 5.96 Å². The molecule has 0 spiro atoms. The fourth-order valence-corrected chi connectivity index (χ4v) is 3.03. The van der Waals surface area contributed by atoms with Gasteiger partial charge in [-0.2, -0.15) is 0 Å². The van der Waals surface area contributed by atoms with Crippen LogP contribution in [0.2, 0.25) is 0 Å². The van der Waals surface area contributed by atoms with Gasteiger partial charge in [0.25, 0.3) is 0 Å². The van der Waals surface area contributed by atoms with Crippen molar-refractivity contribution in [1.82, 2.24) is 15.6 Å². The van der Waals surface area contributed by atoms with E-state index in [2.05, 4.69) is 27.5 Å². The molecular formula is C18H26N4OS. The van der Waals surface area contributed by atoms with E-state index in [-0.39, 0.29) is 0 Å². The van der Waals surface area contributed by atoms with Crippen molar-refractivity contribution in [2.75, 3.05) is 13.1 Å². The SMILES string of the molecule is CCNC(=NCc1ncc(CC)s1)NCC(O)Cc1ccccc1. The number of aliphatic hydroxyl groups is 1. The van der Waals surface area contributed by atoms with Gasteiger partial charge in [0.05, 0.1) is 12.6 Å². The van der Waals surface area contributed by atoms with E-state index in [9.17, 15) is 5.11 Å². The second-order valence-electron chi connectivity index (χ2n) is 5.49. The molecule has 0 saturated carbocycles. The summed E-state index contributed by atoms with van der Waals surface area (Å²) in [4.78, 5) is 10.2. The summed E-state index contributed by atoms with van der Waals surface area (Å²) in [5, 5.41) is 17.6. The zero-order valence-electron chi connectivity index (χ0n) is 14.3. The lowest BCUT2D eigenvalue weighted by atomic mass is 10.1. The molecule has 0 radical (unpaired) electrons. The number of aromatic nitrogens is 1. The minimum atomic E-state index is -0.456. The fourth-order valence-electron chi connectivity index (χ4n) is 2.25. The van der Waals surface area contributed by atoms with E-state index >= 15 is 0 Å². The van der Waals surface area contributed by atoms with Crippen LogP contribution in [0.15, 0.2) is 41.5 Å². The molecule has 0 aliphatic rings. The molecule has 130 valence electrons. The Hall–Kier alpha value is -1.92. The number of aliphatic hydroxyl groups excluding tert-OH is 1. The molecule has 6 heteroatoms. The van der Waals surface area contributed by atoms with Gasteiger partial charge in [0.2, 0.25) is 0 Å². The van der Waals surface area contributed by atoms with Gasteiger partial charge in [-0.25, -0.2) is 9.98 Å². The van der Waals surface area contributed by atoms with Crippen molar-refractivity contribution in [1.29, 1.82) is 0 Å². The van der Waals surface area contributed by atoms with Gasteiger partial charge < -0.3 is 15.7 Å². The smallest absolute Gasteiger partial charge is 0.191 e. The normalized spacial score (nSPS) is 12.9. The van der Waals surface area contributed by atoms with Gasteiger partial charge in [-0.15, -0.1) is 11.3 Å². The highest BCUT2D eigenvalue weighted by atomic mass is 32.1. The summed E-state index contributed by atoms with van der Waals surface area (Å²) in [6, 6.07) is 10.00. The first-order valence-electron chi connectivity index (χ1n) is 8.39. The zero-order chi connectivity index (χ0) is 17.2. The molecule has 3 N–H and O–H groups in total. The average Bonchev–Trinajstić information content (AvgIpc) is 3.06. The Labute approximate surface area is 147 Å². The first kappa shape index (κ1) is 18.4. The summed E-state index contributed by atoms with van der Waals surface area (Å²) in [5.41, 5.74) is 1.13. The Bertz CT molecular complexity index is 627. The molecule has 0 saturated heterocycles. The van der Waals surface area contributed by atoms with Crippen molar-refractivity contribution in [2.24, 2.45) is 4.99 Å². The van der Waals surface area contributed by atoms with Crippen LogP contribution in [0.5, 0.6) is 0 Å². The van der Waals surface area contributed by atoms with Crippen LogP contribution in [0.3, 0.4) is 0 Å². The van der Waals surface area contributed by atoms with Gasteiger partial charge in [-0.1, -0.05) is 37.3 Å². The summed E-state index contributed by atoms with van der Waals surface area (Å²) < 4.78 is 0. The van der Waals surface area contributed by atoms with Crippen molar-refractivity contribution >= 4 is 17.3 Å². The Kier molecular flexibility index (Phi) is 7.71. The van der Waals surface area contributed by atoms with Crippen LogP contribution in [0.25, 0.3) is 0 Å². The number of thiazole rings is 1. The minimum Gasteiger partial charge on any atom is -0.391 e. The van der Waals surface area contributed by atoms with E-state index in [0.29, 0.717) is 25.5 Å². The minimum absolute atomic E-state index is 0.456. The summed E-state index contributed by atoms with van der Waals surface area (Å²) in [6.07, 6.45) is 3.09. The predicted molar refractivity (Wildman–Crippen MR) is 100 cm³/mol. The zero-order valence-corrected chi connectivity index (χ0v) is 15.1. The standard InChI is InChI=1S/C18H26N4OS/c1-3-16-12-20-17(24-16)13-22-18(19-4-2)21-11-15(23)10-14-8-6-5-7-9-14/h5-9,12,15,23H,3-4,10-11,13H2,1-2H3,(H2,19,21,22). The predicted octanol–water partition coefficient (Wildman–Crippen LogP) is 2.36. The lowest BCUT2D eigenvalue weighted by molar-refractivity contribution is 0.177. The number of rotatable bonds is 8. The fraction of sp³-hybridized carbons (Fsp3) is 0.444. The Morgan fingerprint density at radius 1 is 1.25 bits per heavy atom. The highest BCUT2D eigenvalue weighted by Gasteiger charge is 2.07. The van der Waals surface area contributed by atoms with Crippen molar-refractivity contribution in [3.8, 4) is 0 Å². The number of nitrogens with zero attached hydrogens (tertiary/aromatic N) is 2. The van der Waals surface area contributed by atoms with E-state index in [4.69, 9.17) is 0 Å². The first-order valence-corrected chi connectivity index (χ1v) is 9.20.